The van der Waals surface area contributed by atoms with Crippen LogP contribution >= 0.6 is 0 Å². The van der Waals surface area contributed by atoms with Gasteiger partial charge in [0.15, 0.2) is 5.79 Å². The maximum Gasteiger partial charge on any atom is 0.264 e. The summed E-state index contributed by atoms with van der Waals surface area (Å²) >= 11 is 0. The van der Waals surface area contributed by atoms with Crippen molar-refractivity contribution in [2.75, 3.05) is 25.7 Å². The molecule has 0 aromatic heterocycles. The highest BCUT2D eigenvalue weighted by Crippen LogP contribution is 2.38. The van der Waals surface area contributed by atoms with Crippen molar-refractivity contribution in [1.29, 1.82) is 0 Å². The molecule has 0 bridgehead atoms. The van der Waals surface area contributed by atoms with Crippen LogP contribution in [0, 0.1) is 0 Å². The highest BCUT2D eigenvalue weighted by Gasteiger charge is 2.53. The Morgan fingerprint density at radius 2 is 1.37 bits per heavy atom. The second kappa shape index (κ2) is 11.5. The molecule has 0 N–H and O–H groups in total. The molecule has 38 heavy (non-hydrogen) atoms. The van der Waals surface area contributed by atoms with Gasteiger partial charge in [-0.3, -0.25) is 8.37 Å². The van der Waals surface area contributed by atoms with E-state index in [-0.39, 0.29) is 18.3 Å². The van der Waals surface area contributed by atoms with Crippen molar-refractivity contribution < 1.29 is 39.1 Å². The third kappa shape index (κ3) is 7.72. The van der Waals surface area contributed by atoms with Gasteiger partial charge in [0.1, 0.15) is 18.3 Å². The van der Waals surface area contributed by atoms with Gasteiger partial charge >= 0.3 is 0 Å². The normalized spacial score (nSPS) is 21.3. The van der Waals surface area contributed by atoms with Gasteiger partial charge < -0.3 is 13.9 Å². The largest absolute Gasteiger partial charge is 0.405 e. The smallest absolute Gasteiger partial charge is 0.264 e. The average Bonchev–Trinajstić information content (AvgIpc) is 3.11. The SMILES string of the molecule is CC1(C)O[C@H]([C@H](CO[Si](c2ccccc2)(c2ccccc2)C(C)(C)C)OS(C)(=O)=O)[C@H](COS(C)(=O)=O)O1. The van der Waals surface area contributed by atoms with Crippen LogP contribution in [0.5, 0.6) is 0 Å². The Morgan fingerprint density at radius 3 is 1.79 bits per heavy atom. The Labute approximate surface area is 227 Å². The zero-order valence-corrected chi connectivity index (χ0v) is 25.5. The molecule has 2 aromatic carbocycles. The topological polar surface area (TPSA) is 114 Å². The molecular formula is C26H38O9S2Si. The fourth-order valence-corrected chi connectivity index (χ4v) is 10.4. The highest BCUT2D eigenvalue weighted by atomic mass is 32.2. The lowest BCUT2D eigenvalue weighted by molar-refractivity contribution is -0.156. The lowest BCUT2D eigenvalue weighted by atomic mass is 10.1. The van der Waals surface area contributed by atoms with E-state index in [1.165, 1.54) is 0 Å². The molecule has 0 spiro atoms. The lowest BCUT2D eigenvalue weighted by Crippen LogP contribution is -2.67. The number of hydrogen-bond acceptors (Lipinski definition) is 9. The standard InChI is InChI=1S/C26H38O9S2Si/c1-25(2,3)38(20-14-10-8-11-15-20,21-16-12-9-13-17-21)32-19-23(35-37(7,29)30)24-22(18-31-36(6,27)28)33-26(4,5)34-24/h8-17,22-24H,18-19H2,1-7H3/t22-,23-,24-/m0/s1. The van der Waals surface area contributed by atoms with Crippen LogP contribution in [0.15, 0.2) is 60.7 Å². The van der Waals surface area contributed by atoms with E-state index in [1.54, 1.807) is 13.8 Å². The van der Waals surface area contributed by atoms with Gasteiger partial charge in [-0.15, -0.1) is 0 Å². The van der Waals surface area contributed by atoms with E-state index in [2.05, 4.69) is 20.8 Å². The van der Waals surface area contributed by atoms with E-state index in [4.69, 9.17) is 22.3 Å². The molecule has 0 radical (unpaired) electrons. The Hall–Kier alpha value is -1.64. The minimum absolute atomic E-state index is 0.153. The second-order valence-electron chi connectivity index (χ2n) is 10.9. The molecule has 0 unspecified atom stereocenters. The van der Waals surface area contributed by atoms with Crippen molar-refractivity contribution >= 4 is 38.9 Å². The van der Waals surface area contributed by atoms with E-state index in [1.807, 2.05) is 60.7 Å². The first-order valence-electron chi connectivity index (χ1n) is 12.3. The first-order chi connectivity index (χ1) is 17.4. The number of ether oxygens (including phenoxy) is 2. The van der Waals surface area contributed by atoms with Crippen LogP contribution in [-0.2, 0) is 42.5 Å². The van der Waals surface area contributed by atoms with Gasteiger partial charge in [0.25, 0.3) is 28.6 Å². The maximum atomic E-state index is 12.4. The summed E-state index contributed by atoms with van der Waals surface area (Å²) in [6.07, 6.45) is -1.17. The van der Waals surface area contributed by atoms with Crippen molar-refractivity contribution in [3.8, 4) is 0 Å². The Kier molecular flexibility index (Phi) is 9.31. The molecule has 1 saturated heterocycles. The first kappa shape index (κ1) is 30.9. The molecule has 1 aliphatic rings. The number of benzene rings is 2. The van der Waals surface area contributed by atoms with E-state index in [9.17, 15) is 16.8 Å². The molecule has 2 aromatic rings. The van der Waals surface area contributed by atoms with Crippen LogP contribution in [0.3, 0.4) is 0 Å². The zero-order valence-electron chi connectivity index (χ0n) is 22.9. The fourth-order valence-electron chi connectivity index (χ4n) is 4.87. The summed E-state index contributed by atoms with van der Waals surface area (Å²) in [5.41, 5.74) is 0. The molecule has 212 valence electrons. The van der Waals surface area contributed by atoms with Crippen molar-refractivity contribution in [3.63, 3.8) is 0 Å². The van der Waals surface area contributed by atoms with Crippen molar-refractivity contribution in [2.24, 2.45) is 0 Å². The van der Waals surface area contributed by atoms with Crippen LogP contribution in [-0.4, -0.2) is 75.0 Å². The van der Waals surface area contributed by atoms with Crippen LogP contribution in [0.4, 0.5) is 0 Å². The summed E-state index contributed by atoms with van der Waals surface area (Å²) < 4.78 is 77.4. The van der Waals surface area contributed by atoms with Gasteiger partial charge in [0.05, 0.1) is 25.7 Å². The molecular weight excluding hydrogens is 548 g/mol. The van der Waals surface area contributed by atoms with E-state index in [0.29, 0.717) is 0 Å². The molecule has 1 heterocycles. The summed E-state index contributed by atoms with van der Waals surface area (Å²) in [6.45, 7) is 9.10. The molecule has 12 heteroatoms. The molecule has 1 fully saturated rings. The monoisotopic (exact) mass is 586 g/mol. The van der Waals surface area contributed by atoms with Crippen LogP contribution in [0.2, 0.25) is 5.04 Å². The zero-order chi connectivity index (χ0) is 28.4. The van der Waals surface area contributed by atoms with E-state index >= 15 is 0 Å². The van der Waals surface area contributed by atoms with E-state index < -0.39 is 52.7 Å². The third-order valence-electron chi connectivity index (χ3n) is 6.21. The number of hydrogen-bond donors (Lipinski definition) is 0. The third-order valence-corrected chi connectivity index (χ3v) is 12.4. The van der Waals surface area contributed by atoms with Gasteiger partial charge in [0, 0.05) is 0 Å². The molecule has 3 atom stereocenters. The lowest BCUT2D eigenvalue weighted by Gasteiger charge is -2.44. The van der Waals surface area contributed by atoms with Crippen LogP contribution in [0.25, 0.3) is 0 Å². The van der Waals surface area contributed by atoms with Crippen molar-refractivity contribution in [3.05, 3.63) is 60.7 Å². The Bertz CT molecular complexity index is 1240. The summed E-state index contributed by atoms with van der Waals surface area (Å²) in [4.78, 5) is 0. The molecule has 0 saturated carbocycles. The quantitative estimate of drug-likeness (QED) is 0.289. The summed E-state index contributed by atoms with van der Waals surface area (Å²) in [5, 5.41) is 1.66. The second-order valence-corrected chi connectivity index (χ2v) is 18.5. The number of rotatable bonds is 11. The summed E-state index contributed by atoms with van der Waals surface area (Å²) in [5.74, 6) is -1.13. The Morgan fingerprint density at radius 1 is 0.868 bits per heavy atom. The van der Waals surface area contributed by atoms with E-state index in [0.717, 1.165) is 22.9 Å². The van der Waals surface area contributed by atoms with Gasteiger partial charge in [-0.2, -0.15) is 16.8 Å². The van der Waals surface area contributed by atoms with Gasteiger partial charge in [-0.05, 0) is 29.3 Å². The summed E-state index contributed by atoms with van der Waals surface area (Å²) in [7, 11) is -10.8. The van der Waals surface area contributed by atoms with Gasteiger partial charge in [0.2, 0.25) is 0 Å². The molecule has 9 nitrogen and oxygen atoms in total. The molecule has 1 aliphatic heterocycles. The van der Waals surface area contributed by atoms with Crippen molar-refractivity contribution in [1.82, 2.24) is 0 Å². The van der Waals surface area contributed by atoms with Gasteiger partial charge in [-0.1, -0.05) is 81.4 Å². The molecule has 3 rings (SSSR count). The van der Waals surface area contributed by atoms with Crippen LogP contribution < -0.4 is 10.4 Å². The maximum absolute atomic E-state index is 12.4. The van der Waals surface area contributed by atoms with Crippen LogP contribution in [0.1, 0.15) is 34.6 Å². The Balaban J connectivity index is 2.06. The highest BCUT2D eigenvalue weighted by molar-refractivity contribution is 7.86. The minimum atomic E-state index is -3.96. The first-order valence-corrected chi connectivity index (χ1v) is 17.8. The predicted octanol–water partition coefficient (Wildman–Crippen LogP) is 2.40. The fraction of sp³-hybridized carbons (Fsp3) is 0.538. The molecule has 0 aliphatic carbocycles. The van der Waals surface area contributed by atoms with Gasteiger partial charge in [-0.25, -0.2) is 0 Å². The molecule has 0 amide bonds. The van der Waals surface area contributed by atoms with Crippen molar-refractivity contribution in [2.45, 2.75) is 63.8 Å². The summed E-state index contributed by atoms with van der Waals surface area (Å²) in [6, 6.07) is 19.8. The minimum Gasteiger partial charge on any atom is -0.405 e. The average molecular weight is 587 g/mol. The predicted molar refractivity (Wildman–Crippen MR) is 148 cm³/mol.